The molecule has 0 spiro atoms. The number of nitrogens with zero attached hydrogens (tertiary/aromatic N) is 1. The lowest BCUT2D eigenvalue weighted by atomic mass is 9.79. The number of pyridine rings is 1. The summed E-state index contributed by atoms with van der Waals surface area (Å²) in [7, 11) is 0.774. The number of ether oxygens (including phenoxy) is 2. The molecule has 0 atom stereocenters. The Labute approximate surface area is 161 Å². The van der Waals surface area contributed by atoms with Gasteiger partial charge < -0.3 is 23.3 Å². The van der Waals surface area contributed by atoms with Crippen LogP contribution in [0.1, 0.15) is 54.9 Å². The molecule has 0 N–H and O–H groups in total. The molecule has 1 aliphatic rings. The van der Waals surface area contributed by atoms with Crippen LogP contribution in [-0.4, -0.2) is 41.6 Å². The fourth-order valence-electron chi connectivity index (χ4n) is 2.57. The zero-order chi connectivity index (χ0) is 20.6. The van der Waals surface area contributed by atoms with Crippen molar-refractivity contribution in [3.63, 3.8) is 0 Å². The van der Waals surface area contributed by atoms with Crippen LogP contribution >= 0.6 is 0 Å². The molecular formula is C19H30BNO6. The second-order valence-electron chi connectivity index (χ2n) is 8.44. The Morgan fingerprint density at radius 2 is 1.78 bits per heavy atom. The molecule has 2 rings (SSSR count). The predicted octanol–water partition coefficient (Wildman–Crippen LogP) is 1.89. The molecule has 27 heavy (non-hydrogen) atoms. The fourth-order valence-corrected chi connectivity index (χ4v) is 2.57. The highest BCUT2D eigenvalue weighted by atomic mass is 16.7. The van der Waals surface area contributed by atoms with Crippen molar-refractivity contribution in [2.24, 2.45) is 0 Å². The van der Waals surface area contributed by atoms with E-state index in [1.165, 1.54) is 23.9 Å². The smallest absolute Gasteiger partial charge is 0.496 e. The molecule has 1 fully saturated rings. The normalized spacial score (nSPS) is 18.4. The molecule has 1 aromatic heterocycles. The summed E-state index contributed by atoms with van der Waals surface area (Å²) in [5, 5.41) is 0. The Bertz CT molecular complexity index is 752. The van der Waals surface area contributed by atoms with Crippen LogP contribution in [0, 0.1) is 0 Å². The van der Waals surface area contributed by atoms with Crippen LogP contribution in [-0.2, 0) is 25.4 Å². The third kappa shape index (κ3) is 4.55. The van der Waals surface area contributed by atoms with Crippen molar-refractivity contribution in [3.8, 4) is 5.75 Å². The lowest BCUT2D eigenvalue weighted by Crippen LogP contribution is -2.41. The number of rotatable bonds is 6. The average molecular weight is 379 g/mol. The summed E-state index contributed by atoms with van der Waals surface area (Å²) in [5.41, 5.74) is -1.50. The summed E-state index contributed by atoms with van der Waals surface area (Å²) < 4.78 is 24.1. The van der Waals surface area contributed by atoms with E-state index in [2.05, 4.69) is 0 Å². The Morgan fingerprint density at radius 1 is 1.22 bits per heavy atom. The molecule has 7 nitrogen and oxygen atoms in total. The van der Waals surface area contributed by atoms with E-state index in [0.717, 1.165) is 0 Å². The summed E-state index contributed by atoms with van der Waals surface area (Å²) in [4.78, 5) is 24.7. The van der Waals surface area contributed by atoms with Gasteiger partial charge in [0, 0.05) is 17.7 Å². The van der Waals surface area contributed by atoms with Gasteiger partial charge >= 0.3 is 13.1 Å². The summed E-state index contributed by atoms with van der Waals surface area (Å²) in [5.74, 6) is -0.0648. The van der Waals surface area contributed by atoms with E-state index in [0.29, 0.717) is 17.6 Å². The molecule has 8 heteroatoms. The van der Waals surface area contributed by atoms with Gasteiger partial charge in [0.25, 0.3) is 5.56 Å². The van der Waals surface area contributed by atoms with Gasteiger partial charge in [-0.25, -0.2) is 0 Å². The van der Waals surface area contributed by atoms with Crippen molar-refractivity contribution >= 4 is 18.6 Å². The van der Waals surface area contributed by atoms with Gasteiger partial charge in [0.15, 0.2) is 0 Å². The molecule has 0 unspecified atom stereocenters. The SMILES string of the molecule is CCC(C)(C)OC(=O)Cn1cc(OC)c(B2OC(C)(C)C(C)(C)O2)cc1=O. The van der Waals surface area contributed by atoms with Gasteiger partial charge in [0.2, 0.25) is 0 Å². The van der Waals surface area contributed by atoms with Gasteiger partial charge in [-0.3, -0.25) is 9.59 Å². The largest absolute Gasteiger partial charge is 0.498 e. The van der Waals surface area contributed by atoms with E-state index in [4.69, 9.17) is 18.8 Å². The summed E-state index contributed by atoms with van der Waals surface area (Å²) in [6, 6.07) is 1.39. The van der Waals surface area contributed by atoms with Gasteiger partial charge in [0.05, 0.1) is 18.3 Å². The van der Waals surface area contributed by atoms with Crippen LogP contribution in [0.5, 0.6) is 5.75 Å². The van der Waals surface area contributed by atoms with Crippen molar-refractivity contribution in [1.29, 1.82) is 0 Å². The highest BCUT2D eigenvalue weighted by Gasteiger charge is 2.52. The van der Waals surface area contributed by atoms with Crippen LogP contribution in [0.25, 0.3) is 0 Å². The summed E-state index contributed by atoms with van der Waals surface area (Å²) in [6.07, 6.45) is 2.17. The molecule has 0 aromatic carbocycles. The molecular weight excluding hydrogens is 349 g/mol. The quantitative estimate of drug-likeness (QED) is 0.555. The first kappa shape index (κ1) is 21.5. The zero-order valence-corrected chi connectivity index (χ0v) is 17.5. The molecule has 0 radical (unpaired) electrons. The number of esters is 1. The summed E-state index contributed by atoms with van der Waals surface area (Å²) in [6.45, 7) is 13.1. The highest BCUT2D eigenvalue weighted by molar-refractivity contribution is 6.63. The van der Waals surface area contributed by atoms with Gasteiger partial charge in [-0.1, -0.05) is 6.92 Å². The third-order valence-corrected chi connectivity index (χ3v) is 5.39. The van der Waals surface area contributed by atoms with E-state index >= 15 is 0 Å². The van der Waals surface area contributed by atoms with Crippen LogP contribution in [0.3, 0.4) is 0 Å². The zero-order valence-electron chi connectivity index (χ0n) is 17.5. The first-order valence-electron chi connectivity index (χ1n) is 9.18. The maximum Gasteiger partial charge on any atom is 0.498 e. The van der Waals surface area contributed by atoms with Crippen molar-refractivity contribution in [2.75, 3.05) is 7.11 Å². The van der Waals surface area contributed by atoms with Crippen LogP contribution in [0.2, 0.25) is 0 Å². The maximum atomic E-state index is 12.5. The Kier molecular flexibility index (Phi) is 5.83. The molecule has 1 saturated heterocycles. The molecule has 0 saturated carbocycles. The Balaban J connectivity index is 2.28. The molecule has 0 bridgehead atoms. The predicted molar refractivity (Wildman–Crippen MR) is 103 cm³/mol. The fraction of sp³-hybridized carbons (Fsp3) is 0.684. The summed E-state index contributed by atoms with van der Waals surface area (Å²) >= 11 is 0. The molecule has 150 valence electrons. The van der Waals surface area contributed by atoms with Crippen molar-refractivity contribution in [2.45, 2.75) is 78.2 Å². The van der Waals surface area contributed by atoms with Gasteiger partial charge in [-0.2, -0.15) is 0 Å². The lowest BCUT2D eigenvalue weighted by Gasteiger charge is -2.32. The van der Waals surface area contributed by atoms with E-state index in [9.17, 15) is 9.59 Å². The highest BCUT2D eigenvalue weighted by Crippen LogP contribution is 2.37. The van der Waals surface area contributed by atoms with E-state index in [1.54, 1.807) is 0 Å². The van der Waals surface area contributed by atoms with Crippen molar-refractivity contribution in [3.05, 3.63) is 22.6 Å². The van der Waals surface area contributed by atoms with Gasteiger partial charge in [0.1, 0.15) is 17.9 Å². The first-order chi connectivity index (χ1) is 12.3. The number of aromatic nitrogens is 1. The second kappa shape index (κ2) is 7.32. The van der Waals surface area contributed by atoms with Gasteiger partial charge in [-0.05, 0) is 48.0 Å². The van der Waals surface area contributed by atoms with E-state index < -0.39 is 29.9 Å². The minimum absolute atomic E-state index is 0.192. The number of carbonyl (C=O) groups excluding carboxylic acids is 1. The molecule has 1 aliphatic heterocycles. The lowest BCUT2D eigenvalue weighted by molar-refractivity contribution is -0.157. The topological polar surface area (TPSA) is 76.0 Å². The molecule has 2 heterocycles. The van der Waals surface area contributed by atoms with E-state index in [-0.39, 0.29) is 12.1 Å². The minimum atomic E-state index is -0.724. The van der Waals surface area contributed by atoms with Crippen LogP contribution < -0.4 is 15.8 Å². The Hall–Kier alpha value is -1.80. The molecule has 1 aromatic rings. The molecule has 0 aliphatic carbocycles. The third-order valence-electron chi connectivity index (χ3n) is 5.39. The minimum Gasteiger partial charge on any atom is -0.496 e. The number of methoxy groups -OCH3 is 1. The van der Waals surface area contributed by atoms with Gasteiger partial charge in [-0.15, -0.1) is 0 Å². The number of hydrogen-bond acceptors (Lipinski definition) is 6. The first-order valence-corrected chi connectivity index (χ1v) is 9.18. The second-order valence-corrected chi connectivity index (χ2v) is 8.44. The number of carbonyl (C=O) groups is 1. The van der Waals surface area contributed by atoms with Crippen LogP contribution in [0.4, 0.5) is 0 Å². The van der Waals surface area contributed by atoms with Crippen LogP contribution in [0.15, 0.2) is 17.1 Å². The van der Waals surface area contributed by atoms with Crippen molar-refractivity contribution in [1.82, 2.24) is 4.57 Å². The van der Waals surface area contributed by atoms with Crippen molar-refractivity contribution < 1.29 is 23.6 Å². The monoisotopic (exact) mass is 379 g/mol. The van der Waals surface area contributed by atoms with E-state index in [1.807, 2.05) is 48.5 Å². The average Bonchev–Trinajstić information content (AvgIpc) is 2.76. The maximum absolute atomic E-state index is 12.5. The number of hydrogen-bond donors (Lipinski definition) is 0. The standard InChI is InChI=1S/C19H30BNO6/c1-9-17(2,3)25-16(23)12-21-11-14(24-8)13(10-15(21)22)20-26-18(4,5)19(6,7)27-20/h10-11H,9,12H2,1-8H3. The molecule has 0 amide bonds. The Morgan fingerprint density at radius 3 is 2.26 bits per heavy atom.